The molecule has 3 fully saturated rings. The summed E-state index contributed by atoms with van der Waals surface area (Å²) >= 11 is -0.906. The molecular formula is C94H76O25Se. The van der Waals surface area contributed by atoms with E-state index in [9.17, 15) is 33.6 Å². The fourth-order valence-corrected chi connectivity index (χ4v) is 15.7. The Hall–Kier alpha value is -13.6. The Labute approximate surface area is 694 Å². The number of ether oxygens (including phenoxy) is 15. The van der Waals surface area contributed by atoms with Gasteiger partial charge in [0.15, 0.2) is 12.2 Å². The number of esters is 10. The van der Waals surface area contributed by atoms with Crippen molar-refractivity contribution >= 4 is 79.1 Å². The van der Waals surface area contributed by atoms with Gasteiger partial charge in [-0.15, -0.1) is 0 Å². The minimum absolute atomic E-state index is 0.00547. The van der Waals surface area contributed by atoms with Crippen molar-refractivity contribution in [3.8, 4) is 0 Å². The molecule has 0 aromatic heterocycles. The standard InChI is InChI=1S/C94H76O25Se/c95-82(59-34-12-1-13-35-59)105-56-70-73(111-83(96)60-36-14-2-15-37-60)76(114-86(99)63-42-20-5-21-43-63)79(117-89(102)66-48-26-8-27-49-66)92(108-70)106-57-71-74(112-84(97)61-38-16-3-17-39-61)77(115-87(100)64-44-22-6-23-45-64)80(118-90(103)67-50-28-9-29-51-67)93(109-71)107-58-72-75(113-85(98)62-40-18-4-19-41-62)78(116-88(101)65-46-24-7-25-47-65)81(119-91(104)68-52-30-10-31-53-68)94(110-72)120-69-54-32-11-33-55-69/h1-55,70-81,92-94H,56-58H2/t70-,71-,72-,73-,74-,75-,76+,77+,78+,79-,80-,81-,92-,93-,94+/m1/s1. The van der Waals surface area contributed by atoms with Crippen LogP contribution in [0.15, 0.2) is 334 Å². The van der Waals surface area contributed by atoms with Crippen LogP contribution in [0.4, 0.5) is 0 Å². The van der Waals surface area contributed by atoms with E-state index in [4.69, 9.17) is 71.1 Å². The van der Waals surface area contributed by atoms with E-state index in [2.05, 4.69) is 0 Å². The van der Waals surface area contributed by atoms with Crippen LogP contribution in [-0.4, -0.2) is 185 Å². The van der Waals surface area contributed by atoms with Crippen molar-refractivity contribution in [2.75, 3.05) is 19.8 Å². The summed E-state index contributed by atoms with van der Waals surface area (Å²) in [6.07, 6.45) is -26.6. The first kappa shape index (κ1) is 82.9. The molecule has 0 saturated carbocycles. The summed E-state index contributed by atoms with van der Waals surface area (Å²) in [5.41, 5.74) is 0.0285. The Balaban J connectivity index is 0.912. The van der Waals surface area contributed by atoms with Gasteiger partial charge in [-0.25, -0.2) is 19.2 Å². The summed E-state index contributed by atoms with van der Waals surface area (Å²) in [7, 11) is 0. The van der Waals surface area contributed by atoms with Crippen LogP contribution in [0.2, 0.25) is 0 Å². The van der Waals surface area contributed by atoms with E-state index in [0.29, 0.717) is 4.46 Å². The van der Waals surface area contributed by atoms with E-state index in [1.807, 2.05) is 12.1 Å². The van der Waals surface area contributed by atoms with E-state index >= 15 is 14.4 Å². The van der Waals surface area contributed by atoms with Crippen molar-refractivity contribution in [3.05, 3.63) is 389 Å². The Morgan fingerprint density at radius 3 is 0.658 bits per heavy atom. The zero-order valence-electron chi connectivity index (χ0n) is 63.7. The van der Waals surface area contributed by atoms with Crippen LogP contribution in [-0.2, 0) is 71.1 Å². The summed E-state index contributed by atoms with van der Waals surface area (Å²) in [4.78, 5) is 148. The number of hydrogen-bond acceptors (Lipinski definition) is 25. The van der Waals surface area contributed by atoms with Crippen LogP contribution in [0.1, 0.15) is 104 Å². The van der Waals surface area contributed by atoms with Crippen molar-refractivity contribution in [2.24, 2.45) is 0 Å². The first-order valence-corrected chi connectivity index (χ1v) is 40.0. The molecule has 608 valence electrons. The first-order valence-electron chi connectivity index (χ1n) is 38.1. The minimum atomic E-state index is -2.11. The Morgan fingerprint density at radius 2 is 0.400 bits per heavy atom. The Morgan fingerprint density at radius 1 is 0.208 bits per heavy atom. The van der Waals surface area contributed by atoms with Gasteiger partial charge in [0.05, 0.1) is 22.3 Å². The molecule has 15 atom stereocenters. The fourth-order valence-electron chi connectivity index (χ4n) is 13.3. The first-order chi connectivity index (χ1) is 58.7. The van der Waals surface area contributed by atoms with E-state index in [0.717, 1.165) is 0 Å². The van der Waals surface area contributed by atoms with Gasteiger partial charge in [-0.1, -0.05) is 115 Å². The quantitative estimate of drug-likeness (QED) is 0.0239. The second-order valence-corrected chi connectivity index (χ2v) is 29.8. The molecule has 120 heavy (non-hydrogen) atoms. The van der Waals surface area contributed by atoms with Crippen LogP contribution in [0.25, 0.3) is 0 Å². The van der Waals surface area contributed by atoms with Gasteiger partial charge in [0.2, 0.25) is 0 Å². The molecule has 0 amide bonds. The van der Waals surface area contributed by atoms with Crippen LogP contribution in [0, 0.1) is 0 Å². The summed E-state index contributed by atoms with van der Waals surface area (Å²) in [6.45, 7) is -2.59. The van der Waals surface area contributed by atoms with Gasteiger partial charge < -0.3 is 18.9 Å². The minimum Gasteiger partial charge on any atom is -0.452 e. The summed E-state index contributed by atoms with van der Waals surface area (Å²) < 4.78 is 99.9. The second kappa shape index (κ2) is 40.5. The van der Waals surface area contributed by atoms with Crippen LogP contribution >= 0.6 is 0 Å². The van der Waals surface area contributed by atoms with Gasteiger partial charge in [0.25, 0.3) is 0 Å². The fraction of sp³-hybridized carbons (Fsp3) is 0.191. The third-order valence-corrected chi connectivity index (χ3v) is 21.7. The molecule has 14 rings (SSSR count). The van der Waals surface area contributed by atoms with E-state index in [1.54, 1.807) is 200 Å². The van der Waals surface area contributed by atoms with Crippen LogP contribution in [0.5, 0.6) is 0 Å². The zero-order chi connectivity index (χ0) is 83.1. The zero-order valence-corrected chi connectivity index (χ0v) is 65.4. The van der Waals surface area contributed by atoms with Crippen LogP contribution in [0.3, 0.4) is 0 Å². The molecule has 0 spiro atoms. The maximum absolute atomic E-state index is 15.2. The van der Waals surface area contributed by atoms with Crippen molar-refractivity contribution in [3.63, 3.8) is 0 Å². The smallest absolute Gasteiger partial charge is 0.452 e. The van der Waals surface area contributed by atoms with Gasteiger partial charge >= 0.3 is 437 Å². The van der Waals surface area contributed by atoms with Crippen molar-refractivity contribution < 1.29 is 119 Å². The molecule has 0 radical (unpaired) electrons. The van der Waals surface area contributed by atoms with Gasteiger partial charge in [-0.05, 0) is 60.7 Å². The SMILES string of the molecule is O=C(OC[C@H]1O[C@@H](OC[C@H]2O[C@@H](OC[C@H]3O[C@@H]([Se]c4ccccc4)[C@H](OC(=O)c4ccccc4)[C@@H](OC(=O)c4ccccc4)[C@@H]3OC(=O)c3ccccc3)[C@H](OC(=O)c3ccccc3)[C@@H](OC(=O)c3ccccc3)[C@@H]2OC(=O)c2ccccc2)[C@H](OC(=O)c2ccccc2)[C@@H](OC(=O)c2ccccc2)[C@@H]1OC(=O)c1ccccc1)c1ccccc1. The van der Waals surface area contributed by atoms with Crippen molar-refractivity contribution in [2.45, 2.75) is 90.8 Å². The number of carbonyl (C=O) groups is 10. The molecule has 0 bridgehead atoms. The van der Waals surface area contributed by atoms with Crippen LogP contribution < -0.4 is 4.46 Å². The Kier molecular flexibility index (Phi) is 28.0. The van der Waals surface area contributed by atoms with Crippen molar-refractivity contribution in [1.82, 2.24) is 0 Å². The number of carbonyl (C=O) groups excluding carboxylic acids is 10. The molecule has 3 aliphatic rings. The number of hydrogen-bond donors (Lipinski definition) is 0. The van der Waals surface area contributed by atoms with E-state index in [1.165, 1.54) is 121 Å². The monoisotopic (exact) mass is 1680 g/mol. The Bertz CT molecular complexity index is 5270. The second-order valence-electron chi connectivity index (χ2n) is 27.3. The topological polar surface area (TPSA) is 309 Å². The average Bonchev–Trinajstić information content (AvgIpc) is 0.772. The third kappa shape index (κ3) is 21.2. The molecular weight excluding hydrogens is 1610 g/mol. The van der Waals surface area contributed by atoms with E-state index < -0.39 is 185 Å². The van der Waals surface area contributed by atoms with Gasteiger partial charge in [0.1, 0.15) is 12.7 Å². The predicted molar refractivity (Wildman–Crippen MR) is 427 cm³/mol. The summed E-state index contributed by atoms with van der Waals surface area (Å²) in [5.74, 6) is -9.98. The molecule has 26 heteroatoms. The molecule has 11 aromatic rings. The van der Waals surface area contributed by atoms with E-state index in [-0.39, 0.29) is 55.6 Å². The molecule has 3 aliphatic heterocycles. The maximum atomic E-state index is 15.2. The normalized spacial score (nSPS) is 22.4. The summed E-state index contributed by atoms with van der Waals surface area (Å²) in [5, 5.41) is -1.26. The predicted octanol–water partition coefficient (Wildman–Crippen LogP) is 12.1. The van der Waals surface area contributed by atoms with Gasteiger partial charge in [0, 0.05) is 0 Å². The molecule has 0 aliphatic carbocycles. The molecule has 0 N–H and O–H groups in total. The average molecular weight is 1680 g/mol. The molecule has 11 aromatic carbocycles. The molecule has 25 nitrogen and oxygen atoms in total. The third-order valence-electron chi connectivity index (χ3n) is 19.3. The molecule has 3 heterocycles. The number of rotatable bonds is 29. The number of benzene rings is 11. The van der Waals surface area contributed by atoms with Gasteiger partial charge in [-0.3, -0.25) is 0 Å². The molecule has 3 saturated heterocycles. The van der Waals surface area contributed by atoms with Gasteiger partial charge in [-0.2, -0.15) is 0 Å². The molecule has 0 unspecified atom stereocenters. The summed E-state index contributed by atoms with van der Waals surface area (Å²) in [6, 6.07) is 86.3. The van der Waals surface area contributed by atoms with Crippen molar-refractivity contribution in [1.29, 1.82) is 0 Å².